The van der Waals surface area contributed by atoms with E-state index in [4.69, 9.17) is 5.73 Å². The molecule has 0 unspecified atom stereocenters. The summed E-state index contributed by atoms with van der Waals surface area (Å²) in [6.45, 7) is 5.21. The van der Waals surface area contributed by atoms with Crippen molar-refractivity contribution >= 4 is 5.78 Å². The Labute approximate surface area is 55.7 Å². The fourth-order valence-corrected chi connectivity index (χ4v) is 0.805. The Balaban J connectivity index is 4.35. The standard InChI is InChI=1S/C7H13NO/c1-4-7(5(2)8)6(3)9/h4,8H2,1-3H3/b7-5+. The molecule has 0 bridgehead atoms. The molecule has 0 heterocycles. The number of rotatable bonds is 2. The molecule has 0 aromatic heterocycles. The first-order valence-electron chi connectivity index (χ1n) is 3.05. The SMILES string of the molecule is CC/C(C(C)=O)=C(/C)N. The van der Waals surface area contributed by atoms with Gasteiger partial charge in [-0.2, -0.15) is 0 Å². The lowest BCUT2D eigenvalue weighted by Crippen LogP contribution is -2.04. The molecule has 2 N–H and O–H groups in total. The van der Waals surface area contributed by atoms with Crippen molar-refractivity contribution in [3.63, 3.8) is 0 Å². The number of Topliss-reactive ketones (excluding diaryl/α,β-unsaturated/α-hetero) is 1. The lowest BCUT2D eigenvalue weighted by molar-refractivity contribution is -0.113. The lowest BCUT2D eigenvalue weighted by atomic mass is 10.1. The van der Waals surface area contributed by atoms with Crippen molar-refractivity contribution in [1.82, 2.24) is 0 Å². The molecule has 0 aliphatic rings. The third-order valence-electron chi connectivity index (χ3n) is 1.25. The van der Waals surface area contributed by atoms with Gasteiger partial charge in [-0.1, -0.05) is 6.92 Å². The molecular weight excluding hydrogens is 114 g/mol. The molecule has 2 heteroatoms. The summed E-state index contributed by atoms with van der Waals surface area (Å²) < 4.78 is 0. The number of carbonyl (C=O) groups excluding carboxylic acids is 1. The highest BCUT2D eigenvalue weighted by Gasteiger charge is 2.01. The van der Waals surface area contributed by atoms with Crippen LogP contribution in [-0.2, 0) is 4.79 Å². The molecule has 52 valence electrons. The van der Waals surface area contributed by atoms with Crippen molar-refractivity contribution in [3.8, 4) is 0 Å². The van der Waals surface area contributed by atoms with Gasteiger partial charge in [-0.05, 0) is 20.3 Å². The van der Waals surface area contributed by atoms with E-state index in [0.29, 0.717) is 5.70 Å². The number of carbonyl (C=O) groups is 1. The van der Waals surface area contributed by atoms with Crippen LogP contribution in [0.15, 0.2) is 11.3 Å². The Hall–Kier alpha value is -0.790. The van der Waals surface area contributed by atoms with Crippen molar-refractivity contribution in [2.24, 2.45) is 5.73 Å². The van der Waals surface area contributed by atoms with Crippen LogP contribution in [0.5, 0.6) is 0 Å². The van der Waals surface area contributed by atoms with E-state index in [1.807, 2.05) is 6.92 Å². The molecule has 0 saturated heterocycles. The first-order valence-corrected chi connectivity index (χ1v) is 3.05. The highest BCUT2D eigenvalue weighted by atomic mass is 16.1. The third kappa shape index (κ3) is 2.31. The van der Waals surface area contributed by atoms with Gasteiger partial charge in [0.15, 0.2) is 5.78 Å². The van der Waals surface area contributed by atoms with Crippen LogP contribution in [0.3, 0.4) is 0 Å². The van der Waals surface area contributed by atoms with Crippen LogP contribution in [0.25, 0.3) is 0 Å². The van der Waals surface area contributed by atoms with Gasteiger partial charge in [0.2, 0.25) is 0 Å². The summed E-state index contributed by atoms with van der Waals surface area (Å²) in [7, 11) is 0. The minimum atomic E-state index is 0.0810. The van der Waals surface area contributed by atoms with Gasteiger partial charge < -0.3 is 5.73 Å². The minimum Gasteiger partial charge on any atom is -0.402 e. The van der Waals surface area contributed by atoms with E-state index in [1.165, 1.54) is 6.92 Å². The van der Waals surface area contributed by atoms with Crippen molar-refractivity contribution in [3.05, 3.63) is 11.3 Å². The second-order valence-electron chi connectivity index (χ2n) is 2.07. The third-order valence-corrected chi connectivity index (χ3v) is 1.25. The zero-order chi connectivity index (χ0) is 7.44. The summed E-state index contributed by atoms with van der Waals surface area (Å²) in [4.78, 5) is 10.7. The van der Waals surface area contributed by atoms with Gasteiger partial charge in [0, 0.05) is 11.3 Å². The molecule has 0 saturated carbocycles. The lowest BCUT2D eigenvalue weighted by Gasteiger charge is -1.99. The highest BCUT2D eigenvalue weighted by molar-refractivity contribution is 5.93. The van der Waals surface area contributed by atoms with Crippen molar-refractivity contribution in [2.45, 2.75) is 27.2 Å². The van der Waals surface area contributed by atoms with Crippen molar-refractivity contribution < 1.29 is 4.79 Å². The maximum Gasteiger partial charge on any atom is 0.157 e. The molecule has 0 aliphatic carbocycles. The van der Waals surface area contributed by atoms with Crippen LogP contribution < -0.4 is 5.73 Å². The van der Waals surface area contributed by atoms with E-state index >= 15 is 0 Å². The Morgan fingerprint density at radius 1 is 1.44 bits per heavy atom. The van der Waals surface area contributed by atoms with Crippen LogP contribution in [-0.4, -0.2) is 5.78 Å². The topological polar surface area (TPSA) is 43.1 Å². The number of ketones is 1. The zero-order valence-corrected chi connectivity index (χ0v) is 6.19. The fraction of sp³-hybridized carbons (Fsp3) is 0.571. The first kappa shape index (κ1) is 8.21. The predicted molar refractivity (Wildman–Crippen MR) is 37.9 cm³/mol. The second-order valence-corrected chi connectivity index (χ2v) is 2.07. The Kier molecular flexibility index (Phi) is 2.99. The van der Waals surface area contributed by atoms with Gasteiger partial charge in [0.1, 0.15) is 0 Å². The smallest absolute Gasteiger partial charge is 0.157 e. The molecular formula is C7H13NO. The van der Waals surface area contributed by atoms with Crippen LogP contribution in [0, 0.1) is 0 Å². The summed E-state index contributed by atoms with van der Waals surface area (Å²) in [6, 6.07) is 0. The van der Waals surface area contributed by atoms with Crippen LogP contribution in [0.1, 0.15) is 27.2 Å². The predicted octanol–water partition coefficient (Wildman–Crippen LogP) is 1.22. The fourth-order valence-electron chi connectivity index (χ4n) is 0.805. The zero-order valence-electron chi connectivity index (χ0n) is 6.19. The average molecular weight is 127 g/mol. The van der Waals surface area contributed by atoms with Gasteiger partial charge in [0.05, 0.1) is 0 Å². The quantitative estimate of drug-likeness (QED) is 0.567. The van der Waals surface area contributed by atoms with Crippen molar-refractivity contribution in [2.75, 3.05) is 0 Å². The van der Waals surface area contributed by atoms with E-state index in [1.54, 1.807) is 6.92 Å². The van der Waals surface area contributed by atoms with E-state index in [9.17, 15) is 4.79 Å². The Bertz CT molecular complexity index is 143. The van der Waals surface area contributed by atoms with Crippen molar-refractivity contribution in [1.29, 1.82) is 0 Å². The summed E-state index contributed by atoms with van der Waals surface area (Å²) in [5.41, 5.74) is 6.80. The minimum absolute atomic E-state index is 0.0810. The first-order chi connectivity index (χ1) is 4.09. The van der Waals surface area contributed by atoms with Gasteiger partial charge >= 0.3 is 0 Å². The Morgan fingerprint density at radius 3 is 1.89 bits per heavy atom. The van der Waals surface area contributed by atoms with E-state index in [-0.39, 0.29) is 5.78 Å². The highest BCUT2D eigenvalue weighted by Crippen LogP contribution is 2.03. The molecule has 2 nitrogen and oxygen atoms in total. The number of hydrogen-bond acceptors (Lipinski definition) is 2. The normalized spacial score (nSPS) is 12.8. The van der Waals surface area contributed by atoms with Gasteiger partial charge in [-0.25, -0.2) is 0 Å². The monoisotopic (exact) mass is 127 g/mol. The van der Waals surface area contributed by atoms with E-state index in [2.05, 4.69) is 0 Å². The molecule has 9 heavy (non-hydrogen) atoms. The van der Waals surface area contributed by atoms with Gasteiger partial charge in [-0.15, -0.1) is 0 Å². The van der Waals surface area contributed by atoms with Gasteiger partial charge in [-0.3, -0.25) is 4.79 Å². The van der Waals surface area contributed by atoms with E-state index in [0.717, 1.165) is 12.0 Å². The molecule has 0 atom stereocenters. The number of allylic oxidation sites excluding steroid dienone is 2. The summed E-state index contributed by atoms with van der Waals surface area (Å²) in [6.07, 6.45) is 0.734. The maximum absolute atomic E-state index is 10.7. The Morgan fingerprint density at radius 2 is 1.89 bits per heavy atom. The molecule has 0 spiro atoms. The molecule has 0 aliphatic heterocycles. The van der Waals surface area contributed by atoms with E-state index < -0.39 is 0 Å². The molecule has 0 aromatic carbocycles. The molecule has 0 rings (SSSR count). The molecule has 0 aromatic rings. The summed E-state index contributed by atoms with van der Waals surface area (Å²) in [5, 5.41) is 0. The van der Waals surface area contributed by atoms with Crippen LogP contribution in [0.4, 0.5) is 0 Å². The van der Waals surface area contributed by atoms with Crippen LogP contribution >= 0.6 is 0 Å². The summed E-state index contributed by atoms with van der Waals surface area (Å²) in [5.74, 6) is 0.0810. The number of hydrogen-bond donors (Lipinski definition) is 1. The molecule has 0 radical (unpaired) electrons. The maximum atomic E-state index is 10.7. The summed E-state index contributed by atoms with van der Waals surface area (Å²) >= 11 is 0. The molecule has 0 amide bonds. The second kappa shape index (κ2) is 3.28. The van der Waals surface area contributed by atoms with Gasteiger partial charge in [0.25, 0.3) is 0 Å². The van der Waals surface area contributed by atoms with Crippen LogP contribution in [0.2, 0.25) is 0 Å². The molecule has 0 fully saturated rings. The number of nitrogens with two attached hydrogens (primary N) is 1. The largest absolute Gasteiger partial charge is 0.402 e. The average Bonchev–Trinajstić information content (AvgIpc) is 1.64.